The Morgan fingerprint density at radius 3 is 2.58 bits per heavy atom. The second-order valence-corrected chi connectivity index (χ2v) is 6.04. The number of thioether (sulfide) groups is 1. The molecule has 2 aromatic carbocycles. The number of anilines is 1. The minimum atomic E-state index is -0.427. The smallest absolute Gasteiger partial charge is 0.322 e. The van der Waals surface area contributed by atoms with Gasteiger partial charge in [0.05, 0.1) is 0 Å². The van der Waals surface area contributed by atoms with Crippen LogP contribution in [0.1, 0.15) is 16.2 Å². The van der Waals surface area contributed by atoms with Crippen molar-refractivity contribution in [3.8, 4) is 0 Å². The third-order valence-electron chi connectivity index (χ3n) is 3.12. The Bertz CT molecular complexity index is 806. The lowest BCUT2D eigenvalue weighted by atomic mass is 10.2. The molecule has 122 valence electrons. The van der Waals surface area contributed by atoms with Crippen molar-refractivity contribution >= 4 is 23.7 Å². The first-order valence-corrected chi connectivity index (χ1v) is 8.26. The third kappa shape index (κ3) is 4.42. The zero-order valence-electron chi connectivity index (χ0n) is 12.6. The first-order chi connectivity index (χ1) is 11.7. The number of carbonyl (C=O) groups excluding carboxylic acids is 1. The number of aryl methyl sites for hydroxylation is 1. The van der Waals surface area contributed by atoms with Crippen LogP contribution in [0.25, 0.3) is 0 Å². The average molecular weight is 343 g/mol. The summed E-state index contributed by atoms with van der Waals surface area (Å²) in [5, 5.41) is 10.2. The second-order valence-electron chi connectivity index (χ2n) is 4.87. The number of rotatable bonds is 6. The van der Waals surface area contributed by atoms with Gasteiger partial charge < -0.3 is 4.42 Å². The molecule has 0 saturated heterocycles. The van der Waals surface area contributed by atoms with Crippen molar-refractivity contribution in [3.05, 3.63) is 71.9 Å². The van der Waals surface area contributed by atoms with Crippen LogP contribution in [0, 0.1) is 5.82 Å². The highest BCUT2D eigenvalue weighted by molar-refractivity contribution is 7.99. The standard InChI is InChI=1S/C17H14FN3O2S/c18-13-8-6-12(7-9-13)16(22)19-17-21-20-15(23-17)10-11-24-14-4-2-1-3-5-14/h1-9H,10-11H2,(H,19,21,22). The SMILES string of the molecule is O=C(Nc1nnc(CCSc2ccccc2)o1)c1ccc(F)cc1. The van der Waals surface area contributed by atoms with Crippen LogP contribution >= 0.6 is 11.8 Å². The second kappa shape index (κ2) is 7.74. The van der Waals surface area contributed by atoms with Crippen LogP contribution < -0.4 is 5.32 Å². The fraction of sp³-hybridized carbons (Fsp3) is 0.118. The number of nitrogens with zero attached hydrogens (tertiary/aromatic N) is 2. The number of halogens is 1. The Hall–Kier alpha value is -2.67. The van der Waals surface area contributed by atoms with E-state index in [1.807, 2.05) is 30.3 Å². The molecule has 0 atom stereocenters. The summed E-state index contributed by atoms with van der Waals surface area (Å²) in [7, 11) is 0. The molecule has 0 aliphatic rings. The minimum absolute atomic E-state index is 0.0315. The normalized spacial score (nSPS) is 10.5. The van der Waals surface area contributed by atoms with Gasteiger partial charge in [-0.3, -0.25) is 10.1 Å². The van der Waals surface area contributed by atoms with Crippen molar-refractivity contribution in [1.82, 2.24) is 10.2 Å². The molecule has 0 radical (unpaired) electrons. The van der Waals surface area contributed by atoms with Crippen LogP contribution in [0.5, 0.6) is 0 Å². The van der Waals surface area contributed by atoms with Crippen molar-refractivity contribution in [3.63, 3.8) is 0 Å². The summed E-state index contributed by atoms with van der Waals surface area (Å²) in [5.74, 6) is 0.414. The van der Waals surface area contributed by atoms with Gasteiger partial charge in [-0.2, -0.15) is 0 Å². The van der Waals surface area contributed by atoms with E-state index in [4.69, 9.17) is 4.42 Å². The van der Waals surface area contributed by atoms with E-state index >= 15 is 0 Å². The Kier molecular flexibility index (Phi) is 5.22. The van der Waals surface area contributed by atoms with E-state index in [0.29, 0.717) is 17.9 Å². The molecule has 0 unspecified atom stereocenters. The molecule has 0 saturated carbocycles. The topological polar surface area (TPSA) is 68.0 Å². The Morgan fingerprint density at radius 1 is 1.08 bits per heavy atom. The van der Waals surface area contributed by atoms with Gasteiger partial charge in [0, 0.05) is 22.6 Å². The highest BCUT2D eigenvalue weighted by Gasteiger charge is 2.11. The molecule has 3 rings (SSSR count). The van der Waals surface area contributed by atoms with Crippen LogP contribution in [0.2, 0.25) is 0 Å². The Balaban J connectivity index is 1.51. The minimum Gasteiger partial charge on any atom is -0.408 e. The van der Waals surface area contributed by atoms with E-state index < -0.39 is 11.7 Å². The fourth-order valence-electron chi connectivity index (χ4n) is 1.95. The van der Waals surface area contributed by atoms with Gasteiger partial charge in [-0.05, 0) is 36.4 Å². The van der Waals surface area contributed by atoms with E-state index in [0.717, 1.165) is 5.75 Å². The first-order valence-electron chi connectivity index (χ1n) is 7.28. The molecule has 0 bridgehead atoms. The average Bonchev–Trinajstić information content (AvgIpc) is 3.04. The molecular formula is C17H14FN3O2S. The number of aromatic nitrogens is 2. The fourth-order valence-corrected chi connectivity index (χ4v) is 2.81. The summed E-state index contributed by atoms with van der Waals surface area (Å²) in [6.45, 7) is 0. The summed E-state index contributed by atoms with van der Waals surface area (Å²) in [6.07, 6.45) is 0.596. The number of amides is 1. The maximum atomic E-state index is 12.8. The molecule has 0 aliphatic carbocycles. The van der Waals surface area contributed by atoms with Crippen LogP contribution in [0.4, 0.5) is 10.4 Å². The van der Waals surface area contributed by atoms with Gasteiger partial charge in [0.1, 0.15) is 5.82 Å². The highest BCUT2D eigenvalue weighted by Crippen LogP contribution is 2.18. The predicted octanol–water partition coefficient (Wildman–Crippen LogP) is 3.80. The molecule has 1 heterocycles. The van der Waals surface area contributed by atoms with E-state index in [1.165, 1.54) is 29.2 Å². The molecule has 24 heavy (non-hydrogen) atoms. The van der Waals surface area contributed by atoms with Gasteiger partial charge >= 0.3 is 6.01 Å². The lowest BCUT2D eigenvalue weighted by molar-refractivity contribution is 0.102. The van der Waals surface area contributed by atoms with Gasteiger partial charge in [-0.15, -0.1) is 16.9 Å². The number of benzene rings is 2. The number of hydrogen-bond donors (Lipinski definition) is 1. The van der Waals surface area contributed by atoms with E-state index in [-0.39, 0.29) is 6.01 Å². The van der Waals surface area contributed by atoms with Gasteiger partial charge in [0.15, 0.2) is 0 Å². The predicted molar refractivity (Wildman–Crippen MR) is 89.5 cm³/mol. The van der Waals surface area contributed by atoms with Crippen LogP contribution in [-0.2, 0) is 6.42 Å². The highest BCUT2D eigenvalue weighted by atomic mass is 32.2. The summed E-state index contributed by atoms with van der Waals surface area (Å²) < 4.78 is 18.2. The van der Waals surface area contributed by atoms with Crippen molar-refractivity contribution in [2.75, 3.05) is 11.1 Å². The molecule has 3 aromatic rings. The van der Waals surface area contributed by atoms with Gasteiger partial charge in [-0.1, -0.05) is 23.3 Å². The lowest BCUT2D eigenvalue weighted by Gasteiger charge is -2.00. The molecule has 0 fully saturated rings. The Morgan fingerprint density at radius 2 is 1.83 bits per heavy atom. The van der Waals surface area contributed by atoms with Crippen LogP contribution in [0.15, 0.2) is 63.9 Å². The van der Waals surface area contributed by atoms with E-state index in [9.17, 15) is 9.18 Å². The molecule has 5 nitrogen and oxygen atoms in total. The number of carbonyl (C=O) groups is 1. The zero-order chi connectivity index (χ0) is 16.8. The van der Waals surface area contributed by atoms with Crippen molar-refractivity contribution in [2.45, 2.75) is 11.3 Å². The molecule has 1 N–H and O–H groups in total. The largest absolute Gasteiger partial charge is 0.408 e. The van der Waals surface area contributed by atoms with Gasteiger partial charge in [0.25, 0.3) is 5.91 Å². The number of nitrogens with one attached hydrogen (secondary N) is 1. The first kappa shape index (κ1) is 16.2. The van der Waals surface area contributed by atoms with E-state index in [2.05, 4.69) is 15.5 Å². The summed E-state index contributed by atoms with van der Waals surface area (Å²) in [4.78, 5) is 13.1. The van der Waals surface area contributed by atoms with Crippen molar-refractivity contribution in [2.24, 2.45) is 0 Å². The summed E-state index contributed by atoms with van der Waals surface area (Å²) >= 11 is 1.69. The van der Waals surface area contributed by atoms with Gasteiger partial charge in [0.2, 0.25) is 5.89 Å². The monoisotopic (exact) mass is 343 g/mol. The van der Waals surface area contributed by atoms with Crippen LogP contribution in [0.3, 0.4) is 0 Å². The maximum absolute atomic E-state index is 12.8. The molecular weight excluding hydrogens is 329 g/mol. The van der Waals surface area contributed by atoms with Crippen LogP contribution in [-0.4, -0.2) is 21.9 Å². The van der Waals surface area contributed by atoms with Gasteiger partial charge in [-0.25, -0.2) is 4.39 Å². The summed E-state index contributed by atoms with van der Waals surface area (Å²) in [5.41, 5.74) is 0.316. The summed E-state index contributed by atoms with van der Waals surface area (Å²) in [6, 6.07) is 15.2. The van der Waals surface area contributed by atoms with Crippen molar-refractivity contribution < 1.29 is 13.6 Å². The number of hydrogen-bond acceptors (Lipinski definition) is 5. The quantitative estimate of drug-likeness (QED) is 0.690. The lowest BCUT2D eigenvalue weighted by Crippen LogP contribution is -2.12. The maximum Gasteiger partial charge on any atom is 0.322 e. The molecule has 7 heteroatoms. The zero-order valence-corrected chi connectivity index (χ0v) is 13.4. The molecule has 1 aromatic heterocycles. The molecule has 1 amide bonds. The Labute approximate surface area is 142 Å². The molecule has 0 spiro atoms. The third-order valence-corrected chi connectivity index (χ3v) is 4.14. The van der Waals surface area contributed by atoms with Crippen molar-refractivity contribution in [1.29, 1.82) is 0 Å². The molecule has 0 aliphatic heterocycles. The van der Waals surface area contributed by atoms with E-state index in [1.54, 1.807) is 11.8 Å².